The number of thiophene rings is 1. The Balaban J connectivity index is 1.66. The van der Waals surface area contributed by atoms with Crippen LogP contribution in [-0.4, -0.2) is 31.8 Å². The molecule has 1 aromatic carbocycles. The van der Waals surface area contributed by atoms with Crippen LogP contribution in [0.15, 0.2) is 29.6 Å². The Hall–Kier alpha value is -0.950. The van der Waals surface area contributed by atoms with Crippen LogP contribution >= 0.6 is 11.3 Å². The van der Waals surface area contributed by atoms with Crippen LogP contribution in [0.1, 0.15) is 17.7 Å². The highest BCUT2D eigenvalue weighted by Gasteiger charge is 2.04. The van der Waals surface area contributed by atoms with Crippen LogP contribution in [0.25, 0.3) is 10.8 Å². The Bertz CT molecular complexity index is 649. The summed E-state index contributed by atoms with van der Waals surface area (Å²) in [7, 11) is -3.81. The average molecular weight is 313 g/mol. The SMILES string of the molecule is O=S(=O)(O)CCCNCCCc1scc2ccccc12. The number of nitrogens with one attached hydrogen (secondary N) is 1. The molecule has 0 radical (unpaired) electrons. The molecule has 0 atom stereocenters. The first-order chi connectivity index (χ1) is 9.56. The maximum Gasteiger partial charge on any atom is 0.264 e. The fraction of sp³-hybridized carbons (Fsp3) is 0.429. The van der Waals surface area contributed by atoms with Crippen molar-refractivity contribution in [3.05, 3.63) is 34.5 Å². The van der Waals surface area contributed by atoms with Gasteiger partial charge in [-0.2, -0.15) is 8.42 Å². The Morgan fingerprint density at radius 1 is 1.15 bits per heavy atom. The molecule has 0 bridgehead atoms. The third kappa shape index (κ3) is 4.86. The van der Waals surface area contributed by atoms with Gasteiger partial charge in [-0.15, -0.1) is 11.3 Å². The van der Waals surface area contributed by atoms with Crippen LogP contribution in [-0.2, 0) is 16.5 Å². The molecule has 2 rings (SSSR count). The highest BCUT2D eigenvalue weighted by atomic mass is 32.2. The summed E-state index contributed by atoms with van der Waals surface area (Å²) in [6, 6.07) is 8.39. The van der Waals surface area contributed by atoms with Gasteiger partial charge in [0.2, 0.25) is 0 Å². The van der Waals surface area contributed by atoms with E-state index in [2.05, 4.69) is 35.0 Å². The van der Waals surface area contributed by atoms with E-state index < -0.39 is 10.1 Å². The lowest BCUT2D eigenvalue weighted by Crippen LogP contribution is -2.19. The fourth-order valence-electron chi connectivity index (χ4n) is 2.12. The summed E-state index contributed by atoms with van der Waals surface area (Å²) in [4.78, 5) is 1.40. The average Bonchev–Trinajstić information content (AvgIpc) is 2.80. The van der Waals surface area contributed by atoms with Crippen molar-refractivity contribution < 1.29 is 13.0 Å². The Kier molecular flexibility index (Phi) is 5.54. The first-order valence-corrected chi connectivity index (χ1v) is 9.16. The summed E-state index contributed by atoms with van der Waals surface area (Å²) < 4.78 is 29.7. The molecule has 0 saturated heterocycles. The van der Waals surface area contributed by atoms with E-state index in [1.807, 2.05) is 0 Å². The summed E-state index contributed by atoms with van der Waals surface area (Å²) in [6.07, 6.45) is 2.50. The number of hydrogen-bond acceptors (Lipinski definition) is 4. The van der Waals surface area contributed by atoms with E-state index >= 15 is 0 Å². The lowest BCUT2D eigenvalue weighted by Gasteiger charge is -2.03. The van der Waals surface area contributed by atoms with E-state index in [1.165, 1.54) is 15.6 Å². The molecule has 0 aliphatic heterocycles. The number of fused-ring (bicyclic) bond motifs is 1. The van der Waals surface area contributed by atoms with E-state index in [0.717, 1.165) is 19.4 Å². The van der Waals surface area contributed by atoms with Crippen molar-refractivity contribution in [3.63, 3.8) is 0 Å². The minimum Gasteiger partial charge on any atom is -0.317 e. The minimum absolute atomic E-state index is 0.171. The van der Waals surface area contributed by atoms with Crippen molar-refractivity contribution in [3.8, 4) is 0 Å². The number of benzene rings is 1. The van der Waals surface area contributed by atoms with E-state index in [4.69, 9.17) is 4.55 Å². The molecule has 0 fully saturated rings. The van der Waals surface area contributed by atoms with Crippen molar-refractivity contribution in [1.82, 2.24) is 5.32 Å². The summed E-state index contributed by atoms with van der Waals surface area (Å²) in [5.41, 5.74) is 0. The Morgan fingerprint density at radius 2 is 1.90 bits per heavy atom. The van der Waals surface area contributed by atoms with Crippen LogP contribution < -0.4 is 5.32 Å². The molecule has 0 unspecified atom stereocenters. The highest BCUT2D eigenvalue weighted by molar-refractivity contribution is 7.85. The van der Waals surface area contributed by atoms with E-state index in [1.54, 1.807) is 11.3 Å². The molecule has 4 nitrogen and oxygen atoms in total. The zero-order chi connectivity index (χ0) is 14.4. The molecule has 1 aromatic heterocycles. The predicted octanol–water partition coefficient (Wildman–Crippen LogP) is 2.70. The van der Waals surface area contributed by atoms with Gasteiger partial charge in [0, 0.05) is 4.88 Å². The van der Waals surface area contributed by atoms with E-state index in [-0.39, 0.29) is 5.75 Å². The smallest absolute Gasteiger partial charge is 0.264 e. The second kappa shape index (κ2) is 7.17. The van der Waals surface area contributed by atoms with Crippen LogP contribution in [0.5, 0.6) is 0 Å². The van der Waals surface area contributed by atoms with Gasteiger partial charge in [0.25, 0.3) is 10.1 Å². The van der Waals surface area contributed by atoms with Crippen molar-refractivity contribution in [2.45, 2.75) is 19.3 Å². The van der Waals surface area contributed by atoms with Gasteiger partial charge in [-0.05, 0) is 48.5 Å². The molecule has 0 spiro atoms. The fourth-order valence-corrected chi connectivity index (χ4v) is 3.68. The molecule has 6 heteroatoms. The highest BCUT2D eigenvalue weighted by Crippen LogP contribution is 2.26. The van der Waals surface area contributed by atoms with Gasteiger partial charge < -0.3 is 5.32 Å². The quantitative estimate of drug-likeness (QED) is 0.581. The molecule has 20 heavy (non-hydrogen) atoms. The van der Waals surface area contributed by atoms with Gasteiger partial charge in [-0.3, -0.25) is 4.55 Å². The molecule has 1 heterocycles. The van der Waals surface area contributed by atoms with Crippen molar-refractivity contribution in [1.29, 1.82) is 0 Å². The lowest BCUT2D eigenvalue weighted by atomic mass is 10.1. The van der Waals surface area contributed by atoms with E-state index in [9.17, 15) is 8.42 Å². The minimum atomic E-state index is -3.81. The van der Waals surface area contributed by atoms with Crippen molar-refractivity contribution in [2.75, 3.05) is 18.8 Å². The predicted molar refractivity (Wildman–Crippen MR) is 84.0 cm³/mol. The zero-order valence-electron chi connectivity index (χ0n) is 11.2. The summed E-state index contributed by atoms with van der Waals surface area (Å²) >= 11 is 1.79. The van der Waals surface area contributed by atoms with Gasteiger partial charge in [0.05, 0.1) is 5.75 Å². The maximum atomic E-state index is 10.5. The number of rotatable bonds is 8. The first-order valence-electron chi connectivity index (χ1n) is 6.67. The molecule has 0 saturated carbocycles. The van der Waals surface area contributed by atoms with Gasteiger partial charge in [0.15, 0.2) is 0 Å². The van der Waals surface area contributed by atoms with Crippen molar-refractivity contribution in [2.24, 2.45) is 0 Å². The second-order valence-corrected chi connectivity index (χ2v) is 7.28. The Labute approximate surface area is 123 Å². The third-order valence-electron chi connectivity index (χ3n) is 3.10. The first kappa shape index (κ1) is 15.4. The standard InChI is InChI=1S/C14H19NO3S2/c16-20(17,18)10-4-9-15-8-3-7-14-13-6-2-1-5-12(13)11-19-14/h1-2,5-6,11,15H,3-4,7-10H2,(H,16,17,18). The van der Waals surface area contributed by atoms with E-state index in [0.29, 0.717) is 13.0 Å². The molecule has 0 aliphatic rings. The summed E-state index contributed by atoms with van der Waals surface area (Å²) in [6.45, 7) is 1.47. The molecule has 2 aromatic rings. The molecular formula is C14H19NO3S2. The molecule has 2 N–H and O–H groups in total. The van der Waals surface area contributed by atoms with Crippen LogP contribution in [0, 0.1) is 0 Å². The Morgan fingerprint density at radius 3 is 2.70 bits per heavy atom. The topological polar surface area (TPSA) is 66.4 Å². The van der Waals surface area contributed by atoms with Crippen LogP contribution in [0.3, 0.4) is 0 Å². The molecular weight excluding hydrogens is 294 g/mol. The molecule has 110 valence electrons. The number of hydrogen-bond donors (Lipinski definition) is 2. The van der Waals surface area contributed by atoms with Gasteiger partial charge in [0.1, 0.15) is 0 Å². The normalized spacial score (nSPS) is 12.1. The third-order valence-corrected chi connectivity index (χ3v) is 4.99. The lowest BCUT2D eigenvalue weighted by molar-refractivity contribution is 0.479. The zero-order valence-corrected chi connectivity index (χ0v) is 12.8. The number of aryl methyl sites for hydroxylation is 1. The van der Waals surface area contributed by atoms with Gasteiger partial charge >= 0.3 is 0 Å². The van der Waals surface area contributed by atoms with Gasteiger partial charge in [-0.25, -0.2) is 0 Å². The maximum absolute atomic E-state index is 10.5. The van der Waals surface area contributed by atoms with Crippen molar-refractivity contribution >= 4 is 32.2 Å². The van der Waals surface area contributed by atoms with Crippen LogP contribution in [0.4, 0.5) is 0 Å². The largest absolute Gasteiger partial charge is 0.317 e. The van der Waals surface area contributed by atoms with Crippen LogP contribution in [0.2, 0.25) is 0 Å². The summed E-state index contributed by atoms with van der Waals surface area (Å²) in [5, 5.41) is 8.02. The van der Waals surface area contributed by atoms with Gasteiger partial charge in [-0.1, -0.05) is 24.3 Å². The molecule has 0 amide bonds. The second-order valence-electron chi connectivity index (χ2n) is 4.74. The summed E-state index contributed by atoms with van der Waals surface area (Å²) in [5.74, 6) is -0.171. The monoisotopic (exact) mass is 313 g/mol. The molecule has 0 aliphatic carbocycles.